The number of hydroxylamine groups is 1. The lowest BCUT2D eigenvalue weighted by Gasteiger charge is -2.27. The summed E-state index contributed by atoms with van der Waals surface area (Å²) in [5.41, 5.74) is 1.22. The van der Waals surface area contributed by atoms with Gasteiger partial charge in [0.2, 0.25) is 11.8 Å². The van der Waals surface area contributed by atoms with Crippen LogP contribution in [0.1, 0.15) is 25.8 Å². The second-order valence-electron chi connectivity index (χ2n) is 7.97. The SMILES string of the molecule is CNC(=O)[C@H](Cc1ccccc1)NC(=O)[C@H](CC(C)C)[C@H](CSc1cccs1)C(=O)[NH2+][O-]. The number of thioether (sulfide) groups is 1. The van der Waals surface area contributed by atoms with Crippen LogP contribution in [-0.2, 0) is 20.8 Å². The van der Waals surface area contributed by atoms with Crippen molar-refractivity contribution in [1.29, 1.82) is 0 Å². The van der Waals surface area contributed by atoms with Gasteiger partial charge in [-0.25, -0.2) is 4.79 Å². The zero-order valence-corrected chi connectivity index (χ0v) is 20.2. The molecule has 0 aliphatic heterocycles. The lowest BCUT2D eigenvalue weighted by Crippen LogP contribution is -2.84. The van der Waals surface area contributed by atoms with Crippen LogP contribution >= 0.6 is 23.1 Å². The van der Waals surface area contributed by atoms with Crippen LogP contribution in [0.5, 0.6) is 0 Å². The molecule has 1 aromatic heterocycles. The smallest absolute Gasteiger partial charge is 0.315 e. The van der Waals surface area contributed by atoms with E-state index >= 15 is 0 Å². The van der Waals surface area contributed by atoms with Crippen molar-refractivity contribution in [3.05, 3.63) is 58.6 Å². The maximum Gasteiger partial charge on any atom is 0.315 e. The number of nitrogens with two attached hydrogens (primary N) is 1. The predicted octanol–water partition coefficient (Wildman–Crippen LogP) is 2.18. The molecule has 9 heteroatoms. The van der Waals surface area contributed by atoms with Gasteiger partial charge >= 0.3 is 5.91 Å². The van der Waals surface area contributed by atoms with E-state index in [1.165, 1.54) is 18.8 Å². The van der Waals surface area contributed by atoms with Gasteiger partial charge in [0.1, 0.15) is 6.04 Å². The highest BCUT2D eigenvalue weighted by molar-refractivity contribution is 8.01. The number of hydrogen-bond donors (Lipinski definition) is 3. The van der Waals surface area contributed by atoms with E-state index in [1.807, 2.05) is 61.7 Å². The summed E-state index contributed by atoms with van der Waals surface area (Å²) in [6, 6.07) is 12.5. The van der Waals surface area contributed by atoms with E-state index in [-0.39, 0.29) is 17.7 Å². The van der Waals surface area contributed by atoms with Gasteiger partial charge in [0.05, 0.1) is 16.0 Å². The molecule has 0 aliphatic rings. The summed E-state index contributed by atoms with van der Waals surface area (Å²) in [5.74, 6) is -2.29. The zero-order valence-electron chi connectivity index (χ0n) is 18.6. The zero-order chi connectivity index (χ0) is 23.5. The molecule has 2 aromatic rings. The summed E-state index contributed by atoms with van der Waals surface area (Å²) < 4.78 is 1.02. The molecule has 0 bridgehead atoms. The Labute approximate surface area is 197 Å². The number of primary amides is 1. The predicted molar refractivity (Wildman–Crippen MR) is 128 cm³/mol. The van der Waals surface area contributed by atoms with Gasteiger partial charge in [0.25, 0.3) is 0 Å². The summed E-state index contributed by atoms with van der Waals surface area (Å²) in [4.78, 5) is 38.4. The second-order valence-corrected chi connectivity index (χ2v) is 10.2. The van der Waals surface area contributed by atoms with Crippen molar-refractivity contribution < 1.29 is 19.9 Å². The van der Waals surface area contributed by atoms with Gasteiger partial charge < -0.3 is 21.3 Å². The summed E-state index contributed by atoms with van der Waals surface area (Å²) in [6.45, 7) is 3.94. The van der Waals surface area contributed by atoms with Gasteiger partial charge in [0.15, 0.2) is 0 Å². The fraction of sp³-hybridized carbons (Fsp3) is 0.435. The highest BCUT2D eigenvalue weighted by Gasteiger charge is 2.37. The highest BCUT2D eigenvalue weighted by atomic mass is 32.2. The number of thiophene rings is 1. The van der Waals surface area contributed by atoms with E-state index < -0.39 is 23.8 Å². The molecule has 0 saturated carbocycles. The van der Waals surface area contributed by atoms with Crippen molar-refractivity contribution in [2.24, 2.45) is 17.8 Å². The van der Waals surface area contributed by atoms with Crippen molar-refractivity contribution in [3.63, 3.8) is 0 Å². The number of benzene rings is 1. The Hall–Kier alpha value is -2.20. The molecule has 0 radical (unpaired) electrons. The fourth-order valence-electron chi connectivity index (χ4n) is 3.48. The Kier molecular flexibility index (Phi) is 10.9. The molecule has 174 valence electrons. The molecule has 1 aromatic carbocycles. The summed E-state index contributed by atoms with van der Waals surface area (Å²) in [5, 5.41) is 18.8. The van der Waals surface area contributed by atoms with Crippen LogP contribution in [0.2, 0.25) is 0 Å². The van der Waals surface area contributed by atoms with Crippen molar-refractivity contribution in [1.82, 2.24) is 10.6 Å². The van der Waals surface area contributed by atoms with Crippen molar-refractivity contribution >= 4 is 40.8 Å². The molecule has 7 nitrogen and oxygen atoms in total. The lowest BCUT2D eigenvalue weighted by molar-refractivity contribution is -0.504. The van der Waals surface area contributed by atoms with Gasteiger partial charge in [-0.15, -0.1) is 23.1 Å². The fourth-order valence-corrected chi connectivity index (χ4v) is 5.48. The average Bonchev–Trinajstić information content (AvgIpc) is 3.31. The molecule has 0 fully saturated rings. The minimum atomic E-state index is -0.776. The molecule has 0 aliphatic carbocycles. The van der Waals surface area contributed by atoms with Crippen LogP contribution < -0.4 is 16.1 Å². The Morgan fingerprint density at radius 1 is 1.06 bits per heavy atom. The first kappa shape index (κ1) is 26.1. The van der Waals surface area contributed by atoms with Crippen LogP contribution in [0.15, 0.2) is 52.1 Å². The maximum absolute atomic E-state index is 13.4. The van der Waals surface area contributed by atoms with Gasteiger partial charge in [-0.05, 0) is 29.3 Å². The van der Waals surface area contributed by atoms with E-state index in [2.05, 4.69) is 10.6 Å². The number of amides is 3. The molecule has 0 unspecified atom stereocenters. The van der Waals surface area contributed by atoms with E-state index in [4.69, 9.17) is 0 Å². The second kappa shape index (κ2) is 13.4. The van der Waals surface area contributed by atoms with E-state index in [1.54, 1.807) is 11.3 Å². The quantitative estimate of drug-likeness (QED) is 0.320. The normalized spacial score (nSPS) is 13.9. The average molecular weight is 478 g/mol. The number of rotatable bonds is 12. The third-order valence-corrected chi connectivity index (χ3v) is 7.34. The molecule has 2 rings (SSSR count). The Morgan fingerprint density at radius 2 is 1.78 bits per heavy atom. The standard InChI is InChI=1S/C23H31N3O4S2/c1-15(2)12-17(18(22(28)26-30)14-32-20-10-7-11-31-20)21(27)25-19(23(29)24-3)13-16-8-5-4-6-9-16/h4-11,15,17-19H,12-14,26H2,1-3H3,(H,24,29)(H,25,27)/t17-,18+,19+/m1/s1. The topological polar surface area (TPSA) is 115 Å². The van der Waals surface area contributed by atoms with Gasteiger partial charge in [-0.1, -0.05) is 50.2 Å². The van der Waals surface area contributed by atoms with E-state index in [0.29, 0.717) is 24.1 Å². The minimum absolute atomic E-state index is 0.131. The van der Waals surface area contributed by atoms with Crippen LogP contribution in [0.3, 0.4) is 0 Å². The van der Waals surface area contributed by atoms with Crippen LogP contribution in [0.4, 0.5) is 0 Å². The first-order valence-corrected chi connectivity index (χ1v) is 12.4. The molecule has 3 atom stereocenters. The lowest BCUT2D eigenvalue weighted by atomic mass is 9.84. The van der Waals surface area contributed by atoms with Gasteiger partial charge in [-0.3, -0.25) is 9.59 Å². The third kappa shape index (κ3) is 8.05. The van der Waals surface area contributed by atoms with Crippen molar-refractivity contribution in [2.75, 3.05) is 12.8 Å². The number of nitrogens with one attached hydrogen (secondary N) is 2. The summed E-state index contributed by atoms with van der Waals surface area (Å²) in [6.07, 6.45) is 0.768. The van der Waals surface area contributed by atoms with Crippen molar-refractivity contribution in [3.8, 4) is 0 Å². The first-order valence-electron chi connectivity index (χ1n) is 10.6. The largest absolute Gasteiger partial charge is 0.628 e. The number of carbonyl (C=O) groups excluding carboxylic acids is 3. The van der Waals surface area contributed by atoms with Crippen LogP contribution in [-0.4, -0.2) is 36.6 Å². The number of quaternary nitrogens is 1. The summed E-state index contributed by atoms with van der Waals surface area (Å²) in [7, 11) is 1.52. The molecule has 0 saturated heterocycles. The monoisotopic (exact) mass is 477 g/mol. The molecular formula is C23H31N3O4S2. The summed E-state index contributed by atoms with van der Waals surface area (Å²) >= 11 is 3.01. The Morgan fingerprint density at radius 3 is 2.34 bits per heavy atom. The van der Waals surface area contributed by atoms with E-state index in [0.717, 1.165) is 9.77 Å². The third-order valence-electron chi connectivity index (χ3n) is 5.09. The van der Waals surface area contributed by atoms with Crippen LogP contribution in [0, 0.1) is 23.0 Å². The Balaban J connectivity index is 2.23. The van der Waals surface area contributed by atoms with Gasteiger partial charge in [-0.2, -0.15) is 0 Å². The number of likely N-dealkylation sites (N-methyl/N-ethyl adjacent to an activating group) is 1. The first-order chi connectivity index (χ1) is 15.3. The molecular weight excluding hydrogens is 446 g/mol. The Bertz CT molecular complexity index is 859. The maximum atomic E-state index is 13.4. The molecule has 3 amide bonds. The molecule has 0 spiro atoms. The molecule has 4 N–H and O–H groups in total. The molecule has 1 heterocycles. The van der Waals surface area contributed by atoms with Crippen LogP contribution in [0.25, 0.3) is 0 Å². The molecule has 32 heavy (non-hydrogen) atoms. The highest BCUT2D eigenvalue weighted by Crippen LogP contribution is 2.30. The number of hydrogen-bond acceptors (Lipinski definition) is 6. The van der Waals surface area contributed by atoms with E-state index in [9.17, 15) is 19.6 Å². The number of carbonyl (C=O) groups is 3. The van der Waals surface area contributed by atoms with Gasteiger partial charge in [0, 0.05) is 19.2 Å². The minimum Gasteiger partial charge on any atom is -0.628 e. The van der Waals surface area contributed by atoms with Crippen molar-refractivity contribution in [2.45, 2.75) is 36.9 Å².